The Morgan fingerprint density at radius 1 is 1.45 bits per heavy atom. The molecule has 1 aliphatic heterocycles. The van der Waals surface area contributed by atoms with Crippen molar-refractivity contribution in [2.24, 2.45) is 5.73 Å². The fraction of sp³-hybridized carbons (Fsp3) is 0.462. The van der Waals surface area contributed by atoms with Crippen molar-refractivity contribution in [3.63, 3.8) is 0 Å². The highest BCUT2D eigenvalue weighted by Gasteiger charge is 2.28. The van der Waals surface area contributed by atoms with E-state index in [9.17, 15) is 18.7 Å². The molecule has 110 valence electrons. The van der Waals surface area contributed by atoms with Crippen LogP contribution >= 0.6 is 11.6 Å². The lowest BCUT2D eigenvalue weighted by Crippen LogP contribution is -2.52. The number of likely N-dealkylation sites (tertiary alicyclic amines) is 1. The van der Waals surface area contributed by atoms with Gasteiger partial charge in [-0.3, -0.25) is 4.79 Å². The van der Waals surface area contributed by atoms with Gasteiger partial charge in [0.05, 0.1) is 12.5 Å². The standard InChI is InChI=1S/C13H15ClF2N2O2/c14-8-5-10(16)9(15)3-7(8)4-13(20)18-2-1-11(17)12(19)6-18/h3,5,11-12,19H,1-2,4,6,17H2/t11-,12-/m1/s1. The van der Waals surface area contributed by atoms with E-state index in [1.165, 1.54) is 4.90 Å². The molecule has 2 rings (SSSR count). The highest BCUT2D eigenvalue weighted by molar-refractivity contribution is 6.31. The molecule has 1 aliphatic rings. The number of aliphatic hydroxyl groups excluding tert-OH is 1. The van der Waals surface area contributed by atoms with Crippen LogP contribution < -0.4 is 5.73 Å². The van der Waals surface area contributed by atoms with Crippen LogP contribution in [0.4, 0.5) is 8.78 Å². The summed E-state index contributed by atoms with van der Waals surface area (Å²) in [6.45, 7) is 0.569. The number of rotatable bonds is 2. The predicted octanol–water partition coefficient (Wildman–Crippen LogP) is 1.08. The van der Waals surface area contributed by atoms with Crippen LogP contribution in [0.15, 0.2) is 12.1 Å². The average Bonchev–Trinajstić information content (AvgIpc) is 2.39. The quantitative estimate of drug-likeness (QED) is 0.804. The molecule has 1 aromatic carbocycles. The molecule has 1 amide bonds. The zero-order valence-electron chi connectivity index (χ0n) is 10.7. The molecule has 7 heteroatoms. The number of piperidine rings is 1. The summed E-state index contributed by atoms with van der Waals surface area (Å²) in [7, 11) is 0. The topological polar surface area (TPSA) is 66.6 Å². The molecule has 2 atom stereocenters. The molecule has 3 N–H and O–H groups in total. The summed E-state index contributed by atoms with van der Waals surface area (Å²) < 4.78 is 26.1. The summed E-state index contributed by atoms with van der Waals surface area (Å²) in [6, 6.07) is 1.42. The van der Waals surface area contributed by atoms with Gasteiger partial charge in [0.25, 0.3) is 0 Å². The van der Waals surface area contributed by atoms with Crippen LogP contribution in [0.3, 0.4) is 0 Å². The average molecular weight is 305 g/mol. The van der Waals surface area contributed by atoms with E-state index >= 15 is 0 Å². The normalized spacial score (nSPS) is 22.9. The van der Waals surface area contributed by atoms with E-state index in [4.69, 9.17) is 17.3 Å². The van der Waals surface area contributed by atoms with Crippen molar-refractivity contribution < 1.29 is 18.7 Å². The molecular formula is C13H15ClF2N2O2. The zero-order valence-corrected chi connectivity index (χ0v) is 11.4. The molecule has 0 aliphatic carbocycles. The van der Waals surface area contributed by atoms with Gasteiger partial charge in [0.15, 0.2) is 11.6 Å². The molecule has 1 heterocycles. The fourth-order valence-corrected chi connectivity index (χ4v) is 2.37. The highest BCUT2D eigenvalue weighted by atomic mass is 35.5. The van der Waals surface area contributed by atoms with Gasteiger partial charge in [0.2, 0.25) is 5.91 Å². The van der Waals surface area contributed by atoms with Crippen molar-refractivity contribution in [1.82, 2.24) is 4.90 Å². The van der Waals surface area contributed by atoms with Gasteiger partial charge >= 0.3 is 0 Å². The lowest BCUT2D eigenvalue weighted by molar-refractivity contribution is -0.133. The second kappa shape index (κ2) is 6.03. The van der Waals surface area contributed by atoms with E-state index < -0.39 is 17.7 Å². The first-order valence-corrected chi connectivity index (χ1v) is 6.61. The first kappa shape index (κ1) is 15.2. The molecule has 0 radical (unpaired) electrons. The second-order valence-corrected chi connectivity index (χ2v) is 5.30. The van der Waals surface area contributed by atoms with E-state index in [0.29, 0.717) is 13.0 Å². The number of carbonyl (C=O) groups is 1. The molecule has 0 unspecified atom stereocenters. The largest absolute Gasteiger partial charge is 0.390 e. The number of nitrogens with two attached hydrogens (primary N) is 1. The van der Waals surface area contributed by atoms with E-state index in [1.807, 2.05) is 0 Å². The van der Waals surface area contributed by atoms with E-state index in [1.54, 1.807) is 0 Å². The Labute approximate surface area is 120 Å². The molecular weight excluding hydrogens is 290 g/mol. The molecule has 0 spiro atoms. The predicted molar refractivity (Wildman–Crippen MR) is 70.3 cm³/mol. The van der Waals surface area contributed by atoms with Crippen molar-refractivity contribution >= 4 is 17.5 Å². The van der Waals surface area contributed by atoms with Crippen LogP contribution in [0.1, 0.15) is 12.0 Å². The maximum Gasteiger partial charge on any atom is 0.227 e. The fourth-order valence-electron chi connectivity index (χ4n) is 2.15. The summed E-state index contributed by atoms with van der Waals surface area (Å²) in [5.74, 6) is -2.40. The van der Waals surface area contributed by atoms with Crippen molar-refractivity contribution in [2.75, 3.05) is 13.1 Å². The maximum atomic E-state index is 13.2. The minimum absolute atomic E-state index is 0.00603. The molecule has 4 nitrogen and oxygen atoms in total. The number of halogens is 3. The molecule has 1 aromatic rings. The highest BCUT2D eigenvalue weighted by Crippen LogP contribution is 2.21. The summed E-state index contributed by atoms with van der Waals surface area (Å²) in [5.41, 5.74) is 5.88. The molecule has 0 saturated carbocycles. The number of nitrogens with zero attached hydrogens (tertiary/aromatic N) is 1. The van der Waals surface area contributed by atoms with Crippen molar-refractivity contribution in [2.45, 2.75) is 25.0 Å². The number of benzene rings is 1. The minimum Gasteiger partial charge on any atom is -0.390 e. The first-order valence-electron chi connectivity index (χ1n) is 6.23. The zero-order chi connectivity index (χ0) is 14.9. The van der Waals surface area contributed by atoms with E-state index in [2.05, 4.69) is 0 Å². The van der Waals surface area contributed by atoms with Crippen LogP contribution in [0.25, 0.3) is 0 Å². The molecule has 0 aromatic heterocycles. The van der Waals surface area contributed by atoms with Crippen LogP contribution in [-0.4, -0.2) is 41.1 Å². The summed E-state index contributed by atoms with van der Waals surface area (Å²) in [4.78, 5) is 13.5. The Bertz CT molecular complexity index is 527. The van der Waals surface area contributed by atoms with Crippen LogP contribution in [-0.2, 0) is 11.2 Å². The number of aliphatic hydroxyl groups is 1. The Balaban J connectivity index is 2.07. The number of hydrogen-bond donors (Lipinski definition) is 2. The Morgan fingerprint density at radius 2 is 2.10 bits per heavy atom. The molecule has 1 saturated heterocycles. The molecule has 20 heavy (non-hydrogen) atoms. The second-order valence-electron chi connectivity index (χ2n) is 4.89. The minimum atomic E-state index is -1.05. The van der Waals surface area contributed by atoms with Crippen molar-refractivity contribution in [3.05, 3.63) is 34.4 Å². The summed E-state index contributed by atoms with van der Waals surface area (Å²) >= 11 is 5.79. The van der Waals surface area contributed by atoms with E-state index in [0.717, 1.165) is 12.1 Å². The smallest absolute Gasteiger partial charge is 0.227 e. The van der Waals surface area contributed by atoms with Gasteiger partial charge in [-0.05, 0) is 24.1 Å². The van der Waals surface area contributed by atoms with Crippen LogP contribution in [0.5, 0.6) is 0 Å². The van der Waals surface area contributed by atoms with Gasteiger partial charge < -0.3 is 15.7 Å². The van der Waals surface area contributed by atoms with Gasteiger partial charge in [0, 0.05) is 24.2 Å². The third kappa shape index (κ3) is 3.26. The molecule has 0 bridgehead atoms. The third-order valence-corrected chi connectivity index (χ3v) is 3.77. The van der Waals surface area contributed by atoms with Gasteiger partial charge in [-0.25, -0.2) is 8.78 Å². The van der Waals surface area contributed by atoms with Gasteiger partial charge in [0.1, 0.15) is 0 Å². The summed E-state index contributed by atoms with van der Waals surface area (Å²) in [5, 5.41) is 9.65. The Hall–Kier alpha value is -1.24. The monoisotopic (exact) mass is 304 g/mol. The Kier molecular flexibility index (Phi) is 4.57. The van der Waals surface area contributed by atoms with E-state index in [-0.39, 0.29) is 35.5 Å². The number of hydrogen-bond acceptors (Lipinski definition) is 3. The SMILES string of the molecule is N[C@@H]1CCN(C(=O)Cc2cc(F)c(F)cc2Cl)C[C@H]1O. The van der Waals surface area contributed by atoms with Crippen LogP contribution in [0.2, 0.25) is 5.02 Å². The number of carbonyl (C=O) groups excluding carboxylic acids is 1. The van der Waals surface area contributed by atoms with Gasteiger partial charge in [-0.15, -0.1) is 0 Å². The number of amides is 1. The molecule has 1 fully saturated rings. The van der Waals surface area contributed by atoms with Crippen molar-refractivity contribution in [1.29, 1.82) is 0 Å². The Morgan fingerprint density at radius 3 is 2.75 bits per heavy atom. The maximum absolute atomic E-state index is 13.2. The van der Waals surface area contributed by atoms with Gasteiger partial charge in [-0.1, -0.05) is 11.6 Å². The summed E-state index contributed by atoms with van der Waals surface area (Å²) in [6.07, 6.45) is -0.413. The lowest BCUT2D eigenvalue weighted by Gasteiger charge is -2.34. The van der Waals surface area contributed by atoms with Crippen molar-refractivity contribution in [3.8, 4) is 0 Å². The van der Waals surface area contributed by atoms with Gasteiger partial charge in [-0.2, -0.15) is 0 Å². The lowest BCUT2D eigenvalue weighted by atomic mass is 10.0. The third-order valence-electron chi connectivity index (χ3n) is 3.42. The first-order chi connectivity index (χ1) is 9.38. The van der Waals surface area contributed by atoms with Crippen LogP contribution in [0, 0.1) is 11.6 Å². The number of β-amino-alcohol motifs (C(OH)–C–C–N with tert-alkyl or cyclic N) is 1.